The Morgan fingerprint density at radius 3 is 2.42 bits per heavy atom. The molecule has 1 aromatic carbocycles. The first kappa shape index (κ1) is 23.4. The molecule has 4 amide bonds. The summed E-state index contributed by atoms with van der Waals surface area (Å²) in [6.07, 6.45) is 1.71. The summed E-state index contributed by atoms with van der Waals surface area (Å²) in [5, 5.41) is 3.73. The summed E-state index contributed by atoms with van der Waals surface area (Å²) in [5.41, 5.74) is 1.68. The van der Waals surface area contributed by atoms with Crippen molar-refractivity contribution in [1.82, 2.24) is 20.0 Å². The van der Waals surface area contributed by atoms with Gasteiger partial charge in [0.1, 0.15) is 6.54 Å². The zero-order valence-corrected chi connectivity index (χ0v) is 19.6. The molecule has 2 aliphatic heterocycles. The van der Waals surface area contributed by atoms with Crippen LogP contribution in [-0.2, 0) is 9.59 Å². The summed E-state index contributed by atoms with van der Waals surface area (Å²) in [5.74, 6) is -0.342. The van der Waals surface area contributed by atoms with E-state index in [9.17, 15) is 14.4 Å². The number of hydrogen-bond donors (Lipinski definition) is 1. The van der Waals surface area contributed by atoms with Crippen molar-refractivity contribution in [1.29, 1.82) is 0 Å². The molecule has 168 valence electrons. The Labute approximate surface area is 192 Å². The third kappa shape index (κ3) is 4.67. The second kappa shape index (κ2) is 9.92. The second-order valence-electron chi connectivity index (χ2n) is 7.69. The molecule has 0 fully saturated rings. The van der Waals surface area contributed by atoms with E-state index in [4.69, 9.17) is 23.2 Å². The van der Waals surface area contributed by atoms with Gasteiger partial charge >= 0.3 is 6.03 Å². The minimum absolute atomic E-state index is 0.0152. The van der Waals surface area contributed by atoms with Crippen LogP contribution in [0.2, 0.25) is 10.0 Å². The van der Waals surface area contributed by atoms with Gasteiger partial charge in [0.25, 0.3) is 5.91 Å². The van der Waals surface area contributed by atoms with Crippen LogP contribution in [0.25, 0.3) is 0 Å². The van der Waals surface area contributed by atoms with Crippen LogP contribution in [0.4, 0.5) is 4.79 Å². The number of halogens is 2. The van der Waals surface area contributed by atoms with Gasteiger partial charge in [-0.3, -0.25) is 14.5 Å². The molecule has 3 rings (SSSR count). The lowest BCUT2D eigenvalue weighted by Crippen LogP contribution is -2.47. The normalized spacial score (nSPS) is 18.4. The lowest BCUT2D eigenvalue weighted by atomic mass is 9.95. The van der Waals surface area contributed by atoms with Crippen molar-refractivity contribution in [2.24, 2.45) is 0 Å². The monoisotopic (exact) mass is 466 g/mol. The molecule has 0 aliphatic carbocycles. The number of carbonyl (C=O) groups excluding carboxylic acids is 3. The zero-order valence-electron chi connectivity index (χ0n) is 18.1. The number of rotatable bonds is 8. The first-order chi connectivity index (χ1) is 14.8. The first-order valence-electron chi connectivity index (χ1n) is 10.6. The molecule has 31 heavy (non-hydrogen) atoms. The second-order valence-corrected chi connectivity index (χ2v) is 8.54. The van der Waals surface area contributed by atoms with E-state index < -0.39 is 6.04 Å². The minimum Gasteiger partial charge on any atom is -0.341 e. The fraction of sp³-hybridized carbons (Fsp3) is 0.500. The van der Waals surface area contributed by atoms with Gasteiger partial charge < -0.3 is 15.1 Å². The Hall–Kier alpha value is -2.25. The SMILES string of the molecule is CCCN(CCC)C(=O)CN1CC2=C(C1=O)C(c1ccc(Cl)cc1Cl)NC(=O)N2CC. The molecule has 0 saturated carbocycles. The molecule has 0 saturated heterocycles. The number of likely N-dealkylation sites (N-methyl/N-ethyl adjacent to an activating group) is 1. The number of hydrogen-bond acceptors (Lipinski definition) is 3. The highest BCUT2D eigenvalue weighted by Crippen LogP contribution is 2.39. The van der Waals surface area contributed by atoms with E-state index >= 15 is 0 Å². The third-order valence-electron chi connectivity index (χ3n) is 5.55. The van der Waals surface area contributed by atoms with Gasteiger partial charge in [-0.25, -0.2) is 4.79 Å². The average molecular weight is 467 g/mol. The molecule has 0 bridgehead atoms. The van der Waals surface area contributed by atoms with E-state index in [1.807, 2.05) is 20.8 Å². The molecule has 0 aromatic heterocycles. The van der Waals surface area contributed by atoms with Gasteiger partial charge in [-0.2, -0.15) is 0 Å². The number of benzene rings is 1. The smallest absolute Gasteiger partial charge is 0.322 e. The summed E-state index contributed by atoms with van der Waals surface area (Å²) in [6, 6.07) is 4.00. The van der Waals surface area contributed by atoms with Gasteiger partial charge in [0.15, 0.2) is 0 Å². The number of nitrogens with one attached hydrogen (secondary N) is 1. The van der Waals surface area contributed by atoms with Crippen LogP contribution < -0.4 is 5.32 Å². The zero-order chi connectivity index (χ0) is 22.7. The van der Waals surface area contributed by atoms with Gasteiger partial charge in [0.2, 0.25) is 5.91 Å². The van der Waals surface area contributed by atoms with Gasteiger partial charge in [0, 0.05) is 29.7 Å². The molecule has 1 N–H and O–H groups in total. The highest BCUT2D eigenvalue weighted by molar-refractivity contribution is 6.35. The highest BCUT2D eigenvalue weighted by Gasteiger charge is 2.44. The molecule has 0 spiro atoms. The van der Waals surface area contributed by atoms with Crippen molar-refractivity contribution in [3.8, 4) is 0 Å². The van der Waals surface area contributed by atoms with Crippen LogP contribution in [0.15, 0.2) is 29.5 Å². The lowest BCUT2D eigenvalue weighted by Gasteiger charge is -2.33. The van der Waals surface area contributed by atoms with E-state index in [-0.39, 0.29) is 30.9 Å². The Bertz CT molecular complexity index is 912. The Balaban J connectivity index is 1.91. The van der Waals surface area contributed by atoms with E-state index in [2.05, 4.69) is 5.32 Å². The molecule has 1 unspecified atom stereocenters. The van der Waals surface area contributed by atoms with Crippen LogP contribution in [0.5, 0.6) is 0 Å². The van der Waals surface area contributed by atoms with Crippen LogP contribution in [-0.4, -0.2) is 65.3 Å². The average Bonchev–Trinajstić information content (AvgIpc) is 3.03. The summed E-state index contributed by atoms with van der Waals surface area (Å²) in [6.45, 7) is 7.83. The number of urea groups is 1. The maximum absolute atomic E-state index is 13.4. The van der Waals surface area contributed by atoms with Crippen LogP contribution in [0.3, 0.4) is 0 Å². The molecule has 0 radical (unpaired) electrons. The quantitative estimate of drug-likeness (QED) is 0.632. The predicted octanol–water partition coefficient (Wildman–Crippen LogP) is 3.82. The van der Waals surface area contributed by atoms with Crippen molar-refractivity contribution in [3.05, 3.63) is 45.1 Å². The Kier molecular flexibility index (Phi) is 7.49. The summed E-state index contributed by atoms with van der Waals surface area (Å²) >= 11 is 12.4. The van der Waals surface area contributed by atoms with Crippen LogP contribution in [0.1, 0.15) is 45.2 Å². The van der Waals surface area contributed by atoms with Gasteiger partial charge in [-0.05, 0) is 37.5 Å². The molecule has 2 heterocycles. The molecule has 1 atom stereocenters. The topological polar surface area (TPSA) is 73.0 Å². The number of amides is 4. The van der Waals surface area contributed by atoms with Gasteiger partial charge in [0.05, 0.1) is 23.9 Å². The largest absolute Gasteiger partial charge is 0.341 e. The molecule has 9 heteroatoms. The van der Waals surface area contributed by atoms with Crippen molar-refractivity contribution in [2.45, 2.75) is 39.7 Å². The fourth-order valence-corrected chi connectivity index (χ4v) is 4.66. The summed E-state index contributed by atoms with van der Waals surface area (Å²) in [4.78, 5) is 43.9. The third-order valence-corrected chi connectivity index (χ3v) is 6.11. The van der Waals surface area contributed by atoms with Crippen LogP contribution >= 0.6 is 23.2 Å². The minimum atomic E-state index is -0.690. The van der Waals surface area contributed by atoms with E-state index in [0.717, 1.165) is 12.8 Å². The summed E-state index contributed by atoms with van der Waals surface area (Å²) in [7, 11) is 0. The maximum atomic E-state index is 13.4. The van der Waals surface area contributed by atoms with Crippen molar-refractivity contribution >= 4 is 41.0 Å². The van der Waals surface area contributed by atoms with Crippen molar-refractivity contribution in [3.63, 3.8) is 0 Å². The molecular weight excluding hydrogens is 439 g/mol. The fourth-order valence-electron chi connectivity index (χ4n) is 4.14. The number of nitrogens with zero attached hydrogens (tertiary/aromatic N) is 3. The Morgan fingerprint density at radius 2 is 1.84 bits per heavy atom. The highest BCUT2D eigenvalue weighted by atomic mass is 35.5. The first-order valence-corrected chi connectivity index (χ1v) is 11.4. The Morgan fingerprint density at radius 1 is 1.16 bits per heavy atom. The van der Waals surface area contributed by atoms with E-state index in [0.29, 0.717) is 46.5 Å². The molecule has 2 aliphatic rings. The maximum Gasteiger partial charge on any atom is 0.322 e. The molecule has 7 nitrogen and oxygen atoms in total. The standard InChI is InChI=1S/C22H28Cl2N4O3/c1-4-9-26(10-5-2)18(29)13-27-12-17-19(21(27)30)20(25-22(31)28(17)6-3)15-8-7-14(23)11-16(15)24/h7-8,11,20H,4-6,9-10,12-13H2,1-3H3,(H,25,31). The summed E-state index contributed by atoms with van der Waals surface area (Å²) < 4.78 is 0. The lowest BCUT2D eigenvalue weighted by molar-refractivity contribution is -0.137. The number of carbonyl (C=O) groups is 3. The van der Waals surface area contributed by atoms with E-state index in [1.165, 1.54) is 4.90 Å². The molecular formula is C22H28Cl2N4O3. The van der Waals surface area contributed by atoms with Gasteiger partial charge in [-0.1, -0.05) is 43.1 Å². The van der Waals surface area contributed by atoms with Crippen molar-refractivity contribution in [2.75, 3.05) is 32.7 Å². The van der Waals surface area contributed by atoms with Gasteiger partial charge in [-0.15, -0.1) is 0 Å². The molecule has 1 aromatic rings. The van der Waals surface area contributed by atoms with Crippen LogP contribution in [0, 0.1) is 0 Å². The predicted molar refractivity (Wildman–Crippen MR) is 121 cm³/mol. The van der Waals surface area contributed by atoms with E-state index in [1.54, 1.807) is 28.0 Å². The van der Waals surface area contributed by atoms with Crippen molar-refractivity contribution < 1.29 is 14.4 Å².